The zero-order chi connectivity index (χ0) is 10.5. The first-order valence-corrected chi connectivity index (χ1v) is 5.47. The van der Waals surface area contributed by atoms with Crippen molar-refractivity contribution in [2.45, 2.75) is 44.6 Å². The van der Waals surface area contributed by atoms with E-state index in [2.05, 4.69) is 4.99 Å². The van der Waals surface area contributed by atoms with Gasteiger partial charge in [0.05, 0.1) is 0 Å². The topological polar surface area (TPSA) is 42.6 Å². The smallest absolute Gasteiger partial charge is 0.235 e. The van der Waals surface area contributed by atoms with Gasteiger partial charge in [0.2, 0.25) is 6.08 Å². The summed E-state index contributed by atoms with van der Waals surface area (Å²) in [6.07, 6.45) is 6.93. The number of carbonyl (C=O) groups excluding carboxylic acids is 1. The average Bonchev–Trinajstić information content (AvgIpc) is 2.69. The Morgan fingerprint density at radius 1 is 1.40 bits per heavy atom. The summed E-state index contributed by atoms with van der Waals surface area (Å²) in [6.45, 7) is 1.98. The molecule has 0 aliphatic heterocycles. The highest BCUT2D eigenvalue weighted by Crippen LogP contribution is 2.53. The fraction of sp³-hybridized carbons (Fsp3) is 0.583. The lowest BCUT2D eigenvalue weighted by molar-refractivity contribution is 0.480. The zero-order valence-electron chi connectivity index (χ0n) is 8.80. The Bertz CT molecular complexity index is 462. The summed E-state index contributed by atoms with van der Waals surface area (Å²) in [5, 5.41) is 0. The average molecular weight is 203 g/mol. The molecule has 0 atom stereocenters. The molecule has 78 valence electrons. The molecule has 3 nitrogen and oxygen atoms in total. The van der Waals surface area contributed by atoms with Crippen LogP contribution in [0.3, 0.4) is 0 Å². The molecular weight excluding hydrogens is 190 g/mol. The molecular formula is C12H13NO2. The second kappa shape index (κ2) is 2.83. The van der Waals surface area contributed by atoms with Crippen molar-refractivity contribution in [1.82, 2.24) is 0 Å². The van der Waals surface area contributed by atoms with Crippen molar-refractivity contribution >= 4 is 6.08 Å². The van der Waals surface area contributed by atoms with Crippen molar-refractivity contribution in [3.05, 3.63) is 22.6 Å². The van der Waals surface area contributed by atoms with E-state index in [-0.39, 0.29) is 5.54 Å². The highest BCUT2D eigenvalue weighted by atomic mass is 16.3. The molecule has 0 aromatic carbocycles. The van der Waals surface area contributed by atoms with Crippen LogP contribution >= 0.6 is 0 Å². The van der Waals surface area contributed by atoms with E-state index >= 15 is 0 Å². The Balaban J connectivity index is 2.15. The summed E-state index contributed by atoms with van der Waals surface area (Å²) in [4.78, 5) is 14.4. The number of fused-ring (bicyclic) bond motifs is 1. The van der Waals surface area contributed by atoms with Gasteiger partial charge in [-0.3, -0.25) is 0 Å². The SMILES string of the molecule is Cc1oc2c(c1C1(N=C=O)CC1)CCC2. The van der Waals surface area contributed by atoms with Gasteiger partial charge < -0.3 is 4.42 Å². The van der Waals surface area contributed by atoms with Crippen LogP contribution in [0.5, 0.6) is 0 Å². The second-order valence-corrected chi connectivity index (χ2v) is 4.52. The third-order valence-corrected chi connectivity index (χ3v) is 3.55. The van der Waals surface area contributed by atoms with Crippen molar-refractivity contribution in [1.29, 1.82) is 0 Å². The van der Waals surface area contributed by atoms with E-state index in [9.17, 15) is 4.79 Å². The van der Waals surface area contributed by atoms with Gasteiger partial charge in [0.1, 0.15) is 17.1 Å². The van der Waals surface area contributed by atoms with E-state index in [0.717, 1.165) is 37.2 Å². The van der Waals surface area contributed by atoms with Crippen molar-refractivity contribution < 1.29 is 9.21 Å². The number of aryl methyl sites for hydroxylation is 2. The second-order valence-electron chi connectivity index (χ2n) is 4.52. The Hall–Kier alpha value is -1.34. The van der Waals surface area contributed by atoms with E-state index in [0.29, 0.717) is 0 Å². The molecule has 0 spiro atoms. The monoisotopic (exact) mass is 203 g/mol. The predicted molar refractivity (Wildman–Crippen MR) is 54.5 cm³/mol. The molecule has 0 radical (unpaired) electrons. The molecule has 0 bridgehead atoms. The van der Waals surface area contributed by atoms with Crippen molar-refractivity contribution in [2.75, 3.05) is 0 Å². The quantitative estimate of drug-likeness (QED) is 0.547. The first kappa shape index (κ1) is 8.93. The molecule has 1 saturated carbocycles. The van der Waals surface area contributed by atoms with Crippen LogP contribution in [0.25, 0.3) is 0 Å². The lowest BCUT2D eigenvalue weighted by atomic mass is 10.00. The van der Waals surface area contributed by atoms with Gasteiger partial charge in [0, 0.05) is 12.0 Å². The van der Waals surface area contributed by atoms with Gasteiger partial charge in [0.15, 0.2) is 0 Å². The Morgan fingerprint density at radius 3 is 2.87 bits per heavy atom. The van der Waals surface area contributed by atoms with Gasteiger partial charge in [-0.1, -0.05) is 0 Å². The summed E-state index contributed by atoms with van der Waals surface area (Å²) < 4.78 is 5.74. The Morgan fingerprint density at radius 2 is 2.20 bits per heavy atom. The number of furan rings is 1. The third-order valence-electron chi connectivity index (χ3n) is 3.55. The number of aliphatic imine (C=N–C) groups is 1. The van der Waals surface area contributed by atoms with Crippen LogP contribution in [0.2, 0.25) is 0 Å². The predicted octanol–water partition coefficient (Wildman–Crippen LogP) is 2.40. The van der Waals surface area contributed by atoms with Crippen LogP contribution in [-0.2, 0) is 23.2 Å². The van der Waals surface area contributed by atoms with Crippen molar-refractivity contribution in [3.8, 4) is 0 Å². The molecule has 0 N–H and O–H groups in total. The van der Waals surface area contributed by atoms with Crippen LogP contribution in [0.1, 0.15) is 41.9 Å². The summed E-state index contributed by atoms with van der Waals surface area (Å²) >= 11 is 0. The minimum absolute atomic E-state index is 0.257. The van der Waals surface area contributed by atoms with E-state index < -0.39 is 0 Å². The molecule has 15 heavy (non-hydrogen) atoms. The van der Waals surface area contributed by atoms with Crippen LogP contribution in [0.4, 0.5) is 0 Å². The normalized spacial score (nSPS) is 20.9. The van der Waals surface area contributed by atoms with Crippen molar-refractivity contribution in [3.63, 3.8) is 0 Å². The maximum Gasteiger partial charge on any atom is 0.235 e. The minimum Gasteiger partial charge on any atom is -0.466 e. The fourth-order valence-corrected chi connectivity index (χ4v) is 2.77. The first-order valence-electron chi connectivity index (χ1n) is 5.47. The summed E-state index contributed by atoms with van der Waals surface area (Å²) in [5.74, 6) is 2.08. The molecule has 0 saturated heterocycles. The molecule has 0 unspecified atom stereocenters. The summed E-state index contributed by atoms with van der Waals surface area (Å²) in [5.41, 5.74) is 2.26. The molecule has 1 aromatic heterocycles. The number of nitrogens with zero attached hydrogens (tertiary/aromatic N) is 1. The van der Waals surface area contributed by atoms with Gasteiger partial charge in [-0.2, -0.15) is 4.99 Å². The lowest BCUT2D eigenvalue weighted by Crippen LogP contribution is -2.05. The first-order chi connectivity index (χ1) is 7.27. The Labute approximate surface area is 88.2 Å². The lowest BCUT2D eigenvalue weighted by Gasteiger charge is -2.08. The molecule has 3 heteroatoms. The van der Waals surface area contributed by atoms with Crippen LogP contribution in [0, 0.1) is 6.92 Å². The van der Waals surface area contributed by atoms with Gasteiger partial charge >= 0.3 is 0 Å². The molecule has 1 aromatic rings. The maximum atomic E-state index is 10.4. The van der Waals surface area contributed by atoms with Crippen LogP contribution in [-0.4, -0.2) is 6.08 Å². The van der Waals surface area contributed by atoms with Gasteiger partial charge in [0.25, 0.3) is 0 Å². The number of hydrogen-bond acceptors (Lipinski definition) is 3. The van der Waals surface area contributed by atoms with Gasteiger partial charge in [-0.15, -0.1) is 0 Å². The molecule has 0 amide bonds. The van der Waals surface area contributed by atoms with Crippen LogP contribution < -0.4 is 0 Å². The fourth-order valence-electron chi connectivity index (χ4n) is 2.77. The minimum atomic E-state index is -0.257. The van der Waals surface area contributed by atoms with E-state index in [1.807, 2.05) is 6.92 Å². The van der Waals surface area contributed by atoms with Crippen molar-refractivity contribution in [2.24, 2.45) is 4.99 Å². The Kier molecular flexibility index (Phi) is 1.68. The van der Waals surface area contributed by atoms with E-state index in [1.165, 1.54) is 17.5 Å². The van der Waals surface area contributed by atoms with E-state index in [1.54, 1.807) is 6.08 Å². The largest absolute Gasteiger partial charge is 0.466 e. The molecule has 3 rings (SSSR count). The maximum absolute atomic E-state index is 10.4. The summed E-state index contributed by atoms with van der Waals surface area (Å²) in [7, 11) is 0. The zero-order valence-corrected chi connectivity index (χ0v) is 8.80. The third kappa shape index (κ3) is 1.13. The number of isocyanates is 1. The number of rotatable bonds is 2. The molecule has 2 aliphatic carbocycles. The van der Waals surface area contributed by atoms with Gasteiger partial charge in [-0.05, 0) is 38.2 Å². The molecule has 1 fully saturated rings. The highest BCUT2D eigenvalue weighted by molar-refractivity contribution is 5.48. The van der Waals surface area contributed by atoms with Gasteiger partial charge in [-0.25, -0.2) is 4.79 Å². The standard InChI is InChI=1S/C12H13NO2/c1-8-11(12(5-6-12)13-7-14)9-3-2-4-10(9)15-8/h2-6H2,1H3. The summed E-state index contributed by atoms with van der Waals surface area (Å²) in [6, 6.07) is 0. The molecule has 1 heterocycles. The number of hydrogen-bond donors (Lipinski definition) is 0. The van der Waals surface area contributed by atoms with E-state index in [4.69, 9.17) is 4.42 Å². The van der Waals surface area contributed by atoms with Crippen LogP contribution in [0.15, 0.2) is 9.41 Å². The molecule has 2 aliphatic rings. The highest BCUT2D eigenvalue weighted by Gasteiger charge is 2.49.